The van der Waals surface area contributed by atoms with Crippen LogP contribution in [-0.4, -0.2) is 0 Å². The van der Waals surface area contributed by atoms with Crippen molar-refractivity contribution in [3.05, 3.63) is 81.5 Å². The molecule has 0 radical (unpaired) electrons. The molecule has 242 valence electrons. The Balaban J connectivity index is 1.17. The molecule has 0 spiro atoms. The van der Waals surface area contributed by atoms with E-state index in [0.29, 0.717) is 0 Å². The van der Waals surface area contributed by atoms with E-state index < -0.39 is 0 Å². The van der Waals surface area contributed by atoms with E-state index in [4.69, 9.17) is 0 Å². The summed E-state index contributed by atoms with van der Waals surface area (Å²) in [6, 6.07) is 24.0. The molecular formula is C43H58S2. The maximum absolute atomic E-state index is 2.49. The van der Waals surface area contributed by atoms with E-state index >= 15 is 0 Å². The summed E-state index contributed by atoms with van der Waals surface area (Å²) in [5.74, 6) is 0. The molecule has 0 fully saturated rings. The molecular weight excluding hydrogens is 581 g/mol. The molecule has 0 atom stereocenters. The summed E-state index contributed by atoms with van der Waals surface area (Å²) in [6.07, 6.45) is 24.7. The quantitative estimate of drug-likeness (QED) is 0.0845. The van der Waals surface area contributed by atoms with Gasteiger partial charge in [0.05, 0.1) is 0 Å². The fourth-order valence-corrected chi connectivity index (χ4v) is 9.34. The molecule has 0 N–H and O–H groups in total. The number of thiophene rings is 2. The highest BCUT2D eigenvalue weighted by molar-refractivity contribution is 7.15. The fraction of sp³-hybridized carbons (Fsp3) is 0.535. The van der Waals surface area contributed by atoms with Gasteiger partial charge in [-0.1, -0.05) is 142 Å². The Morgan fingerprint density at radius 2 is 0.822 bits per heavy atom. The normalized spacial score (nSPS) is 13.3. The monoisotopic (exact) mass is 638 g/mol. The number of aryl methyl sites for hydroxylation is 2. The number of fused-ring (bicyclic) bond motifs is 3. The highest BCUT2D eigenvalue weighted by Gasteiger charge is 2.36. The first-order chi connectivity index (χ1) is 22.0. The van der Waals surface area contributed by atoms with Crippen LogP contribution in [0.15, 0.2) is 60.7 Å². The van der Waals surface area contributed by atoms with Gasteiger partial charge in [0.25, 0.3) is 0 Å². The molecule has 5 rings (SSSR count). The minimum Gasteiger partial charge on any atom is -0.140 e. The van der Waals surface area contributed by atoms with Crippen molar-refractivity contribution in [1.82, 2.24) is 0 Å². The lowest BCUT2D eigenvalue weighted by Gasteiger charge is -2.22. The molecule has 0 saturated carbocycles. The summed E-state index contributed by atoms with van der Waals surface area (Å²) in [7, 11) is 0. The Labute approximate surface area is 283 Å². The molecule has 0 unspecified atom stereocenters. The Morgan fingerprint density at radius 1 is 0.444 bits per heavy atom. The lowest BCUT2D eigenvalue weighted by atomic mass is 9.81. The van der Waals surface area contributed by atoms with E-state index in [0.717, 1.165) is 0 Å². The average Bonchev–Trinajstić information content (AvgIpc) is 3.77. The average molecular weight is 639 g/mol. The first kappa shape index (κ1) is 34.2. The summed E-state index contributed by atoms with van der Waals surface area (Å²) in [5, 5.41) is 0. The number of hydrogen-bond acceptors (Lipinski definition) is 2. The molecule has 4 aromatic rings. The summed E-state index contributed by atoms with van der Waals surface area (Å²) in [5.41, 5.74) is 8.56. The fourth-order valence-electron chi connectivity index (χ4n) is 7.25. The van der Waals surface area contributed by atoms with Gasteiger partial charge in [-0.05, 0) is 95.5 Å². The second kappa shape index (κ2) is 17.1. The van der Waals surface area contributed by atoms with Crippen molar-refractivity contribution in [2.75, 3.05) is 0 Å². The molecule has 0 saturated heterocycles. The molecule has 1 aliphatic rings. The first-order valence-corrected chi connectivity index (χ1v) is 20.1. The molecule has 0 nitrogen and oxygen atoms in total. The van der Waals surface area contributed by atoms with Crippen LogP contribution >= 0.6 is 22.7 Å². The van der Waals surface area contributed by atoms with Crippen molar-refractivity contribution in [2.24, 2.45) is 0 Å². The molecule has 1 aliphatic carbocycles. The highest BCUT2D eigenvalue weighted by Crippen LogP contribution is 2.51. The van der Waals surface area contributed by atoms with E-state index in [1.165, 1.54) is 159 Å². The van der Waals surface area contributed by atoms with Gasteiger partial charge in [0.15, 0.2) is 0 Å². The minimum atomic E-state index is 0.00508. The third kappa shape index (κ3) is 9.01. The Hall–Kier alpha value is -2.16. The molecule has 2 heteroatoms. The van der Waals surface area contributed by atoms with Gasteiger partial charge in [-0.25, -0.2) is 0 Å². The number of rotatable bonds is 20. The Bertz CT molecular complexity index is 1350. The van der Waals surface area contributed by atoms with Crippen LogP contribution in [0.3, 0.4) is 0 Å². The van der Waals surface area contributed by atoms with E-state index in [1.807, 2.05) is 22.7 Å². The summed E-state index contributed by atoms with van der Waals surface area (Å²) in [6.45, 7) is 9.45. The second-order valence-corrected chi connectivity index (χ2v) is 16.5. The largest absolute Gasteiger partial charge is 0.140 e. The van der Waals surface area contributed by atoms with Gasteiger partial charge in [0.1, 0.15) is 0 Å². The van der Waals surface area contributed by atoms with E-state index in [-0.39, 0.29) is 5.41 Å². The third-order valence-electron chi connectivity index (χ3n) is 10.1. The molecule has 45 heavy (non-hydrogen) atoms. The second-order valence-electron chi connectivity index (χ2n) is 14.1. The number of hydrogen-bond donors (Lipinski definition) is 0. The zero-order valence-electron chi connectivity index (χ0n) is 28.8. The van der Waals surface area contributed by atoms with E-state index in [2.05, 4.69) is 88.4 Å². The van der Waals surface area contributed by atoms with Crippen molar-refractivity contribution in [2.45, 2.75) is 149 Å². The van der Waals surface area contributed by atoms with E-state index in [1.54, 1.807) is 9.75 Å². The van der Waals surface area contributed by atoms with Crippen molar-refractivity contribution in [3.63, 3.8) is 0 Å². The molecule has 0 aliphatic heterocycles. The topological polar surface area (TPSA) is 0 Å². The van der Waals surface area contributed by atoms with Crippen LogP contribution in [0.4, 0.5) is 0 Å². The first-order valence-electron chi connectivity index (χ1n) is 18.5. The van der Waals surface area contributed by atoms with Crippen molar-refractivity contribution >= 4 is 22.7 Å². The SMILES string of the molecule is CCCCCCCCCCc1ccc(-c2ccc3c(c2)C(C)(C)c2cc(-c4ccc(CCCCCCCCCC)s4)ccc2-3)s1. The predicted molar refractivity (Wildman–Crippen MR) is 203 cm³/mol. The van der Waals surface area contributed by atoms with Crippen LogP contribution in [0.5, 0.6) is 0 Å². The van der Waals surface area contributed by atoms with Gasteiger partial charge in [0.2, 0.25) is 0 Å². The predicted octanol–water partition coefficient (Wildman–Crippen LogP) is 14.8. The molecule has 0 bridgehead atoms. The van der Waals surface area contributed by atoms with Crippen LogP contribution in [0.1, 0.15) is 151 Å². The zero-order valence-corrected chi connectivity index (χ0v) is 30.5. The van der Waals surface area contributed by atoms with Gasteiger partial charge >= 0.3 is 0 Å². The summed E-state index contributed by atoms with van der Waals surface area (Å²) < 4.78 is 0. The number of benzene rings is 2. The van der Waals surface area contributed by atoms with Crippen LogP contribution in [-0.2, 0) is 18.3 Å². The number of unbranched alkanes of at least 4 members (excludes halogenated alkanes) is 14. The smallest absolute Gasteiger partial charge is 0.0345 e. The van der Waals surface area contributed by atoms with Crippen molar-refractivity contribution in [3.8, 4) is 32.0 Å². The van der Waals surface area contributed by atoms with Crippen molar-refractivity contribution < 1.29 is 0 Å². The van der Waals surface area contributed by atoms with Crippen LogP contribution < -0.4 is 0 Å². The lowest BCUT2D eigenvalue weighted by Crippen LogP contribution is -2.15. The Morgan fingerprint density at radius 3 is 1.22 bits per heavy atom. The highest BCUT2D eigenvalue weighted by atomic mass is 32.1. The third-order valence-corrected chi connectivity index (χ3v) is 12.5. The van der Waals surface area contributed by atoms with Gasteiger partial charge in [-0.15, -0.1) is 22.7 Å². The van der Waals surface area contributed by atoms with Crippen LogP contribution in [0.25, 0.3) is 32.0 Å². The van der Waals surface area contributed by atoms with Gasteiger partial charge < -0.3 is 0 Å². The molecule has 2 heterocycles. The van der Waals surface area contributed by atoms with Gasteiger partial charge in [0, 0.05) is 24.9 Å². The maximum Gasteiger partial charge on any atom is 0.0345 e. The standard InChI is InChI=1S/C43H58S2/c1-5-7-9-11-13-15-17-19-21-35-25-29-41(44-35)33-23-27-37-38-28-24-34(32-40(38)43(3,4)39(37)31-33)42-30-26-36(45-42)22-20-18-16-14-12-10-8-6-2/h23-32H,5-22H2,1-4H3. The molecule has 2 aromatic carbocycles. The summed E-state index contributed by atoms with van der Waals surface area (Å²) in [4.78, 5) is 5.92. The van der Waals surface area contributed by atoms with Gasteiger partial charge in [-0.3, -0.25) is 0 Å². The Kier molecular flexibility index (Phi) is 13.0. The van der Waals surface area contributed by atoms with Crippen LogP contribution in [0.2, 0.25) is 0 Å². The lowest BCUT2D eigenvalue weighted by molar-refractivity contribution is 0.576. The summed E-state index contributed by atoms with van der Waals surface area (Å²) >= 11 is 4.01. The maximum atomic E-state index is 2.49. The van der Waals surface area contributed by atoms with E-state index in [9.17, 15) is 0 Å². The van der Waals surface area contributed by atoms with Crippen LogP contribution in [0, 0.1) is 0 Å². The molecule has 2 aromatic heterocycles. The van der Waals surface area contributed by atoms with Gasteiger partial charge in [-0.2, -0.15) is 0 Å². The van der Waals surface area contributed by atoms with Crippen molar-refractivity contribution in [1.29, 1.82) is 0 Å². The molecule has 0 amide bonds. The zero-order chi connectivity index (χ0) is 31.5. The minimum absolute atomic E-state index is 0.00508.